The molecule has 2 unspecified atom stereocenters. The van der Waals surface area contributed by atoms with Crippen LogP contribution in [0.3, 0.4) is 0 Å². The van der Waals surface area contributed by atoms with Crippen molar-refractivity contribution in [2.45, 2.75) is 324 Å². The lowest BCUT2D eigenvalue weighted by Gasteiger charge is -2.27. The molecule has 0 aromatic rings. The standard InChI is InChI=1S/C62H120N2O7/c1-11-15-19-23-26-34-42-55(41-33-22-18-14-4)70-59(66)61(5,6)46-37-29-31-39-48-64-52-57(69-58(65)45-49-63(9)10)51-54(64)53-68-50-40-32-30-38-47-62(7,8)60(67)71-56(43-35-27-24-20-16-12-2)44-36-28-25-21-17-13-3/h54-57H,11-53H2,1-10H3/t54?,55?,57-/m0/s1. The predicted octanol–water partition coefficient (Wildman–Crippen LogP) is 16.9. The summed E-state index contributed by atoms with van der Waals surface area (Å²) < 4.78 is 24.9. The molecule has 3 atom stereocenters. The monoisotopic (exact) mass is 1000 g/mol. The maximum absolute atomic E-state index is 13.5. The van der Waals surface area contributed by atoms with Crippen LogP contribution in [0, 0.1) is 10.8 Å². The average Bonchev–Trinajstić information content (AvgIpc) is 3.71. The number of esters is 3. The molecule has 1 aliphatic rings. The molecule has 1 aliphatic heterocycles. The minimum absolute atomic E-state index is 0.0120. The van der Waals surface area contributed by atoms with E-state index in [2.05, 4.69) is 60.3 Å². The third kappa shape index (κ3) is 36.0. The number of ether oxygens (including phenoxy) is 4. The van der Waals surface area contributed by atoms with Gasteiger partial charge in [0.05, 0.1) is 23.9 Å². The van der Waals surface area contributed by atoms with Gasteiger partial charge in [-0.1, -0.05) is 182 Å². The van der Waals surface area contributed by atoms with Crippen LogP contribution in [0.1, 0.15) is 299 Å². The van der Waals surface area contributed by atoms with Crippen molar-refractivity contribution in [3.05, 3.63) is 0 Å². The number of nitrogens with zero attached hydrogens (tertiary/aromatic N) is 2. The molecule has 0 spiro atoms. The quantitative estimate of drug-likeness (QED) is 0.0335. The topological polar surface area (TPSA) is 94.6 Å². The SMILES string of the molecule is CCCCCCCCC(CCCCCC)OC(=O)C(C)(C)CCCCCCN1C[C@@H](OC(=O)CCN(C)C)CC1COCCCCCCC(C)(C)C(=O)OC(CCCCCCCC)CCCCCCCC. The van der Waals surface area contributed by atoms with E-state index in [9.17, 15) is 14.4 Å². The average molecular weight is 1010 g/mol. The molecule has 0 amide bonds. The van der Waals surface area contributed by atoms with E-state index >= 15 is 0 Å². The summed E-state index contributed by atoms with van der Waals surface area (Å²) in [5, 5.41) is 0. The van der Waals surface area contributed by atoms with Crippen molar-refractivity contribution in [2.24, 2.45) is 10.8 Å². The number of carbonyl (C=O) groups excluding carboxylic acids is 3. The van der Waals surface area contributed by atoms with E-state index in [0.717, 1.165) is 142 Å². The number of unbranched alkanes of at least 4 members (excludes halogenated alkanes) is 24. The second-order valence-corrected chi connectivity index (χ2v) is 23.8. The van der Waals surface area contributed by atoms with Gasteiger partial charge in [0, 0.05) is 32.2 Å². The van der Waals surface area contributed by atoms with E-state index in [-0.39, 0.29) is 42.3 Å². The Morgan fingerprint density at radius 3 is 1.34 bits per heavy atom. The van der Waals surface area contributed by atoms with Crippen molar-refractivity contribution in [1.29, 1.82) is 0 Å². The van der Waals surface area contributed by atoms with Crippen LogP contribution in [0.4, 0.5) is 0 Å². The minimum Gasteiger partial charge on any atom is -0.462 e. The highest BCUT2D eigenvalue weighted by Gasteiger charge is 2.35. The second-order valence-electron chi connectivity index (χ2n) is 23.8. The van der Waals surface area contributed by atoms with Gasteiger partial charge in [0.15, 0.2) is 0 Å². The zero-order valence-electron chi connectivity index (χ0n) is 49.0. The summed E-state index contributed by atoms with van der Waals surface area (Å²) >= 11 is 0. The van der Waals surface area contributed by atoms with E-state index in [1.807, 2.05) is 19.0 Å². The van der Waals surface area contributed by atoms with Gasteiger partial charge in [-0.05, 0) is 125 Å². The molecule has 0 aromatic carbocycles. The smallest absolute Gasteiger partial charge is 0.311 e. The van der Waals surface area contributed by atoms with Crippen LogP contribution in [0.15, 0.2) is 0 Å². The van der Waals surface area contributed by atoms with Crippen LogP contribution in [0.5, 0.6) is 0 Å². The molecular weight excluding hydrogens is 885 g/mol. The maximum atomic E-state index is 13.5. The zero-order chi connectivity index (χ0) is 52.4. The highest BCUT2D eigenvalue weighted by atomic mass is 16.6. The van der Waals surface area contributed by atoms with E-state index in [1.54, 1.807) is 0 Å². The van der Waals surface area contributed by atoms with Crippen LogP contribution in [0.25, 0.3) is 0 Å². The van der Waals surface area contributed by atoms with Gasteiger partial charge in [-0.15, -0.1) is 0 Å². The Labute approximate surface area is 440 Å². The Morgan fingerprint density at radius 2 is 0.901 bits per heavy atom. The van der Waals surface area contributed by atoms with Gasteiger partial charge < -0.3 is 23.8 Å². The first-order valence-electron chi connectivity index (χ1n) is 30.8. The lowest BCUT2D eigenvalue weighted by Crippen LogP contribution is -2.34. The zero-order valence-corrected chi connectivity index (χ0v) is 49.0. The molecule has 1 heterocycles. The summed E-state index contributed by atoms with van der Waals surface area (Å²) in [5.74, 6) is -0.145. The third-order valence-corrected chi connectivity index (χ3v) is 15.4. The first kappa shape index (κ1) is 67.3. The Morgan fingerprint density at radius 1 is 0.521 bits per heavy atom. The Bertz CT molecular complexity index is 1260. The van der Waals surface area contributed by atoms with Gasteiger partial charge in [0.1, 0.15) is 18.3 Å². The molecule has 1 rings (SSSR count). The molecule has 71 heavy (non-hydrogen) atoms. The number of rotatable bonds is 50. The molecule has 420 valence electrons. The Kier molecular flexibility index (Phi) is 41.3. The molecule has 1 saturated heterocycles. The molecule has 0 saturated carbocycles. The summed E-state index contributed by atoms with van der Waals surface area (Å²) in [6.45, 7) is 21.1. The summed E-state index contributed by atoms with van der Waals surface area (Å²) in [7, 11) is 3.97. The van der Waals surface area contributed by atoms with Crippen molar-refractivity contribution in [3.63, 3.8) is 0 Å². The van der Waals surface area contributed by atoms with Crippen LogP contribution in [-0.4, -0.2) is 99.0 Å². The van der Waals surface area contributed by atoms with E-state index in [4.69, 9.17) is 18.9 Å². The Hall–Kier alpha value is -1.71. The summed E-state index contributed by atoms with van der Waals surface area (Å²) in [5.41, 5.74) is -0.943. The van der Waals surface area contributed by atoms with Gasteiger partial charge in [0.25, 0.3) is 0 Å². The fourth-order valence-corrected chi connectivity index (χ4v) is 10.2. The molecule has 0 aliphatic carbocycles. The Balaban J connectivity index is 2.58. The van der Waals surface area contributed by atoms with Crippen molar-refractivity contribution in [2.75, 3.05) is 46.9 Å². The molecule has 0 aromatic heterocycles. The molecule has 0 bridgehead atoms. The summed E-state index contributed by atoms with van der Waals surface area (Å²) in [4.78, 5) is 44.3. The summed E-state index contributed by atoms with van der Waals surface area (Å²) in [6.07, 6.45) is 43.0. The largest absolute Gasteiger partial charge is 0.462 e. The van der Waals surface area contributed by atoms with Gasteiger partial charge in [0.2, 0.25) is 0 Å². The normalized spacial score (nSPS) is 16.1. The fraction of sp³-hybridized carbons (Fsp3) is 0.952. The molecule has 9 heteroatoms. The van der Waals surface area contributed by atoms with Crippen LogP contribution in [-0.2, 0) is 33.3 Å². The number of hydrogen-bond donors (Lipinski definition) is 0. The first-order chi connectivity index (χ1) is 34.2. The lowest BCUT2D eigenvalue weighted by molar-refractivity contribution is -0.161. The van der Waals surface area contributed by atoms with Gasteiger partial charge in [-0.2, -0.15) is 0 Å². The van der Waals surface area contributed by atoms with Crippen molar-refractivity contribution >= 4 is 17.9 Å². The van der Waals surface area contributed by atoms with E-state index in [1.165, 1.54) is 116 Å². The highest BCUT2D eigenvalue weighted by molar-refractivity contribution is 5.76. The molecular formula is C62H120N2O7. The van der Waals surface area contributed by atoms with Gasteiger partial charge >= 0.3 is 17.9 Å². The lowest BCUT2D eigenvalue weighted by atomic mass is 9.86. The number of hydrogen-bond acceptors (Lipinski definition) is 9. The van der Waals surface area contributed by atoms with Crippen LogP contribution < -0.4 is 0 Å². The van der Waals surface area contributed by atoms with Crippen LogP contribution >= 0.6 is 0 Å². The number of carbonyl (C=O) groups is 3. The molecule has 0 radical (unpaired) electrons. The van der Waals surface area contributed by atoms with Crippen molar-refractivity contribution in [3.8, 4) is 0 Å². The fourth-order valence-electron chi connectivity index (χ4n) is 10.2. The first-order valence-corrected chi connectivity index (χ1v) is 30.8. The predicted molar refractivity (Wildman–Crippen MR) is 300 cm³/mol. The number of likely N-dealkylation sites (tertiary alicyclic amines) is 1. The third-order valence-electron chi connectivity index (χ3n) is 15.4. The minimum atomic E-state index is -0.475. The highest BCUT2D eigenvalue weighted by Crippen LogP contribution is 2.31. The second kappa shape index (κ2) is 43.5. The van der Waals surface area contributed by atoms with E-state index in [0.29, 0.717) is 19.6 Å². The van der Waals surface area contributed by atoms with E-state index < -0.39 is 10.8 Å². The molecule has 1 fully saturated rings. The van der Waals surface area contributed by atoms with Gasteiger partial charge in [-0.25, -0.2) is 0 Å². The van der Waals surface area contributed by atoms with Crippen molar-refractivity contribution < 1.29 is 33.3 Å². The van der Waals surface area contributed by atoms with Crippen molar-refractivity contribution in [1.82, 2.24) is 9.80 Å². The summed E-state index contributed by atoms with van der Waals surface area (Å²) in [6, 6.07) is 0.236. The van der Waals surface area contributed by atoms with Gasteiger partial charge in [-0.3, -0.25) is 19.3 Å². The molecule has 9 nitrogen and oxygen atoms in total. The maximum Gasteiger partial charge on any atom is 0.311 e. The van der Waals surface area contributed by atoms with Crippen LogP contribution in [0.2, 0.25) is 0 Å². The molecule has 0 N–H and O–H groups in total.